The Morgan fingerprint density at radius 1 is 1.18 bits per heavy atom. The third kappa shape index (κ3) is 2.34. The van der Waals surface area contributed by atoms with Gasteiger partial charge in [-0.05, 0) is 43.6 Å². The van der Waals surface area contributed by atoms with Gasteiger partial charge in [0.1, 0.15) is 17.6 Å². The molecule has 0 amide bonds. The summed E-state index contributed by atoms with van der Waals surface area (Å²) in [5.74, 6) is 0.916. The molecule has 2 atom stereocenters. The highest BCUT2D eigenvalue weighted by atomic mass is 16.5. The van der Waals surface area contributed by atoms with E-state index in [4.69, 9.17) is 9.47 Å². The Morgan fingerprint density at radius 2 is 1.95 bits per heavy atom. The van der Waals surface area contributed by atoms with Crippen LogP contribution in [0.5, 0.6) is 5.75 Å². The average Bonchev–Trinajstić information content (AvgIpc) is 2.90. The van der Waals surface area contributed by atoms with Crippen LogP contribution >= 0.6 is 0 Å². The van der Waals surface area contributed by atoms with Crippen molar-refractivity contribution in [1.82, 2.24) is 10.2 Å². The molecule has 3 heterocycles. The van der Waals surface area contributed by atoms with Crippen LogP contribution in [0.1, 0.15) is 43.8 Å². The predicted molar refractivity (Wildman–Crippen MR) is 86.0 cm³/mol. The molecule has 1 spiro atoms. The van der Waals surface area contributed by atoms with Crippen LogP contribution in [0.3, 0.4) is 0 Å². The number of rotatable bonds is 2. The summed E-state index contributed by atoms with van der Waals surface area (Å²) in [6.07, 6.45) is 6.32. The number of hydrogen-bond acceptors (Lipinski definition) is 4. The molecule has 1 N–H and O–H groups in total. The van der Waals surface area contributed by atoms with Crippen LogP contribution in [-0.4, -0.2) is 43.4 Å². The monoisotopic (exact) mass is 302 g/mol. The maximum absolute atomic E-state index is 6.74. The molecule has 3 fully saturated rings. The molecule has 1 aromatic carbocycles. The molecule has 4 rings (SSSR count). The molecule has 4 heteroatoms. The highest BCUT2D eigenvalue weighted by Crippen LogP contribution is 2.48. The Balaban J connectivity index is 1.63. The van der Waals surface area contributed by atoms with Crippen molar-refractivity contribution in [3.05, 3.63) is 29.8 Å². The quantitative estimate of drug-likeness (QED) is 0.911. The first-order valence-electron chi connectivity index (χ1n) is 8.62. The standard InChI is InChI=1S/C18H26N2O2/c1-21-15-7-5-14(6-8-15)17-16-4-2-3-13-20(16)18(22-17)9-11-19-12-10-18/h5-8,16-17,19H,2-4,9-13H2,1H3. The number of hydrogen-bond donors (Lipinski definition) is 1. The average molecular weight is 302 g/mol. The molecule has 3 saturated heterocycles. The fourth-order valence-electron chi connectivity index (χ4n) is 4.47. The SMILES string of the molecule is COc1ccc(C2OC3(CCNCC3)N3CCCCC23)cc1. The Kier molecular flexibility index (Phi) is 3.84. The zero-order chi connectivity index (χ0) is 15.0. The van der Waals surface area contributed by atoms with Crippen LogP contribution in [0.4, 0.5) is 0 Å². The van der Waals surface area contributed by atoms with Crippen molar-refractivity contribution in [1.29, 1.82) is 0 Å². The first-order chi connectivity index (χ1) is 10.8. The van der Waals surface area contributed by atoms with Crippen molar-refractivity contribution >= 4 is 0 Å². The third-order valence-electron chi connectivity index (χ3n) is 5.60. The summed E-state index contributed by atoms with van der Waals surface area (Å²) in [6, 6.07) is 9.01. The number of benzene rings is 1. The molecular formula is C18H26N2O2. The van der Waals surface area contributed by atoms with Crippen molar-refractivity contribution in [2.75, 3.05) is 26.7 Å². The minimum absolute atomic E-state index is 0.0269. The predicted octanol–water partition coefficient (Wildman–Crippen LogP) is 2.70. The lowest BCUT2D eigenvalue weighted by Crippen LogP contribution is -2.55. The third-order valence-corrected chi connectivity index (χ3v) is 5.60. The second-order valence-electron chi connectivity index (χ2n) is 6.76. The molecule has 1 aromatic rings. The van der Waals surface area contributed by atoms with E-state index in [1.165, 1.54) is 31.4 Å². The highest BCUT2D eigenvalue weighted by Gasteiger charge is 2.53. The molecular weight excluding hydrogens is 276 g/mol. The summed E-state index contributed by atoms with van der Waals surface area (Å²) in [6.45, 7) is 3.33. The smallest absolute Gasteiger partial charge is 0.125 e. The number of piperidine rings is 2. The van der Waals surface area contributed by atoms with E-state index in [0.29, 0.717) is 6.04 Å². The van der Waals surface area contributed by atoms with E-state index in [2.05, 4.69) is 34.5 Å². The van der Waals surface area contributed by atoms with Gasteiger partial charge in [-0.1, -0.05) is 18.6 Å². The maximum atomic E-state index is 6.74. The van der Waals surface area contributed by atoms with Crippen LogP contribution in [-0.2, 0) is 4.74 Å². The Labute approximate surface area is 132 Å². The molecule has 0 aromatic heterocycles. The number of fused-ring (bicyclic) bond motifs is 2. The molecule has 4 nitrogen and oxygen atoms in total. The lowest BCUT2D eigenvalue weighted by Gasteiger charge is -2.43. The molecule has 22 heavy (non-hydrogen) atoms. The minimum atomic E-state index is -0.0269. The molecule has 120 valence electrons. The number of nitrogens with zero attached hydrogens (tertiary/aromatic N) is 1. The van der Waals surface area contributed by atoms with E-state index >= 15 is 0 Å². The van der Waals surface area contributed by atoms with E-state index in [0.717, 1.165) is 31.7 Å². The molecule has 0 bridgehead atoms. The Bertz CT molecular complexity index is 510. The Morgan fingerprint density at radius 3 is 2.68 bits per heavy atom. The highest BCUT2D eigenvalue weighted by molar-refractivity contribution is 5.30. The zero-order valence-corrected chi connectivity index (χ0v) is 13.4. The van der Waals surface area contributed by atoms with Gasteiger partial charge in [0.05, 0.1) is 7.11 Å². The van der Waals surface area contributed by atoms with Gasteiger partial charge in [-0.3, -0.25) is 4.90 Å². The fraction of sp³-hybridized carbons (Fsp3) is 0.667. The van der Waals surface area contributed by atoms with Gasteiger partial charge in [0.2, 0.25) is 0 Å². The molecule has 0 saturated carbocycles. The summed E-state index contributed by atoms with van der Waals surface area (Å²) in [7, 11) is 1.72. The van der Waals surface area contributed by atoms with E-state index in [1.54, 1.807) is 7.11 Å². The molecule has 2 unspecified atom stereocenters. The van der Waals surface area contributed by atoms with Crippen LogP contribution in [0.25, 0.3) is 0 Å². The molecule has 3 aliphatic heterocycles. The van der Waals surface area contributed by atoms with Gasteiger partial charge in [-0.2, -0.15) is 0 Å². The summed E-state index contributed by atoms with van der Waals surface area (Å²) in [5.41, 5.74) is 1.27. The Hall–Kier alpha value is -1.10. The van der Waals surface area contributed by atoms with E-state index in [-0.39, 0.29) is 11.8 Å². The number of ether oxygens (including phenoxy) is 2. The van der Waals surface area contributed by atoms with Crippen LogP contribution < -0.4 is 10.1 Å². The van der Waals surface area contributed by atoms with Gasteiger partial charge < -0.3 is 14.8 Å². The van der Waals surface area contributed by atoms with Crippen LogP contribution in [0, 0.1) is 0 Å². The number of nitrogens with one attached hydrogen (secondary N) is 1. The lowest BCUT2D eigenvalue weighted by molar-refractivity contribution is -0.126. The van der Waals surface area contributed by atoms with Crippen molar-refractivity contribution in [3.63, 3.8) is 0 Å². The fourth-order valence-corrected chi connectivity index (χ4v) is 4.47. The van der Waals surface area contributed by atoms with Crippen molar-refractivity contribution in [3.8, 4) is 5.75 Å². The molecule has 3 aliphatic rings. The summed E-state index contributed by atoms with van der Waals surface area (Å²) >= 11 is 0. The van der Waals surface area contributed by atoms with Gasteiger partial charge in [-0.15, -0.1) is 0 Å². The first-order valence-corrected chi connectivity index (χ1v) is 8.62. The normalized spacial score (nSPS) is 31.1. The van der Waals surface area contributed by atoms with Crippen molar-refractivity contribution in [2.24, 2.45) is 0 Å². The molecule has 0 aliphatic carbocycles. The van der Waals surface area contributed by atoms with Gasteiger partial charge >= 0.3 is 0 Å². The summed E-state index contributed by atoms with van der Waals surface area (Å²) < 4.78 is 12.0. The van der Waals surface area contributed by atoms with Gasteiger partial charge in [-0.25, -0.2) is 0 Å². The van der Waals surface area contributed by atoms with Gasteiger partial charge in [0, 0.05) is 25.4 Å². The van der Waals surface area contributed by atoms with E-state index < -0.39 is 0 Å². The van der Waals surface area contributed by atoms with E-state index in [9.17, 15) is 0 Å². The second kappa shape index (κ2) is 5.84. The second-order valence-corrected chi connectivity index (χ2v) is 6.76. The number of methoxy groups -OCH3 is 1. The first kappa shape index (κ1) is 14.5. The van der Waals surface area contributed by atoms with Crippen LogP contribution in [0.2, 0.25) is 0 Å². The van der Waals surface area contributed by atoms with Crippen molar-refractivity contribution in [2.45, 2.75) is 50.0 Å². The lowest BCUT2D eigenvalue weighted by atomic mass is 9.91. The van der Waals surface area contributed by atoms with E-state index in [1.807, 2.05) is 0 Å². The largest absolute Gasteiger partial charge is 0.497 e. The zero-order valence-electron chi connectivity index (χ0n) is 13.4. The molecule has 0 radical (unpaired) electrons. The summed E-state index contributed by atoms with van der Waals surface area (Å²) in [5, 5.41) is 3.48. The van der Waals surface area contributed by atoms with Gasteiger partial charge in [0.25, 0.3) is 0 Å². The van der Waals surface area contributed by atoms with Gasteiger partial charge in [0.15, 0.2) is 0 Å². The summed E-state index contributed by atoms with van der Waals surface area (Å²) in [4.78, 5) is 2.69. The van der Waals surface area contributed by atoms with Crippen LogP contribution in [0.15, 0.2) is 24.3 Å². The minimum Gasteiger partial charge on any atom is -0.497 e. The maximum Gasteiger partial charge on any atom is 0.125 e. The topological polar surface area (TPSA) is 33.7 Å². The van der Waals surface area contributed by atoms with Crippen molar-refractivity contribution < 1.29 is 9.47 Å².